The van der Waals surface area contributed by atoms with Crippen molar-refractivity contribution in [3.05, 3.63) is 36.5 Å². The summed E-state index contributed by atoms with van der Waals surface area (Å²) in [5.74, 6) is 0.0684. The Morgan fingerprint density at radius 2 is 2.39 bits per heavy atom. The van der Waals surface area contributed by atoms with Gasteiger partial charge in [-0.15, -0.1) is 6.58 Å². The molecule has 0 spiro atoms. The first-order chi connectivity index (χ1) is 8.48. The van der Waals surface area contributed by atoms with Gasteiger partial charge >= 0.3 is 0 Å². The number of hydrogen-bond donors (Lipinski definition) is 0. The summed E-state index contributed by atoms with van der Waals surface area (Å²) in [4.78, 5) is 11.1. The van der Waals surface area contributed by atoms with E-state index >= 15 is 0 Å². The Labute approximate surface area is 110 Å². The summed E-state index contributed by atoms with van der Waals surface area (Å²) in [6.07, 6.45) is 8.12. The number of hydrogen-bond acceptors (Lipinski definition) is 2. The molecule has 2 heteroatoms. The molecular formula is C16H24O2. The van der Waals surface area contributed by atoms with Crippen molar-refractivity contribution in [3.8, 4) is 0 Å². The van der Waals surface area contributed by atoms with Crippen LogP contribution in [0, 0.1) is 11.3 Å². The predicted molar refractivity (Wildman–Crippen MR) is 75.4 cm³/mol. The van der Waals surface area contributed by atoms with Crippen molar-refractivity contribution < 1.29 is 9.53 Å². The lowest BCUT2D eigenvalue weighted by atomic mass is 9.64. The van der Waals surface area contributed by atoms with Crippen LogP contribution >= 0.6 is 0 Å². The summed E-state index contributed by atoms with van der Waals surface area (Å²) in [6, 6.07) is 0. The van der Waals surface area contributed by atoms with Crippen molar-refractivity contribution in [1.29, 1.82) is 0 Å². The largest absolute Gasteiger partial charge is 0.381 e. The van der Waals surface area contributed by atoms with E-state index in [2.05, 4.69) is 26.2 Å². The van der Waals surface area contributed by atoms with Crippen molar-refractivity contribution in [1.82, 2.24) is 0 Å². The van der Waals surface area contributed by atoms with Gasteiger partial charge in [-0.1, -0.05) is 31.2 Å². The Morgan fingerprint density at radius 3 is 2.89 bits per heavy atom. The highest BCUT2D eigenvalue weighted by Gasteiger charge is 2.37. The van der Waals surface area contributed by atoms with Crippen molar-refractivity contribution in [3.63, 3.8) is 0 Å². The molecule has 0 saturated heterocycles. The molecule has 0 aliphatic heterocycles. The highest BCUT2D eigenvalue weighted by atomic mass is 16.5. The molecule has 1 aliphatic carbocycles. The van der Waals surface area contributed by atoms with Crippen LogP contribution < -0.4 is 0 Å². The van der Waals surface area contributed by atoms with E-state index in [1.807, 2.05) is 13.0 Å². The van der Waals surface area contributed by atoms with Crippen LogP contribution in [0.25, 0.3) is 0 Å². The van der Waals surface area contributed by atoms with Gasteiger partial charge in [0.05, 0.1) is 6.10 Å². The first-order valence-electron chi connectivity index (χ1n) is 6.47. The molecule has 0 aromatic carbocycles. The highest BCUT2D eigenvalue weighted by Crippen LogP contribution is 2.46. The molecular weight excluding hydrogens is 224 g/mol. The van der Waals surface area contributed by atoms with Crippen LogP contribution in [-0.2, 0) is 9.53 Å². The SMILES string of the molecule is C=CC1(C)CCC=C(CC(C)OC)C1C(=C)C=O. The van der Waals surface area contributed by atoms with Crippen LogP contribution in [-0.4, -0.2) is 19.5 Å². The fraction of sp³-hybridized carbons (Fsp3) is 0.562. The lowest BCUT2D eigenvalue weighted by Gasteiger charge is -2.40. The van der Waals surface area contributed by atoms with E-state index in [0.29, 0.717) is 5.57 Å². The minimum atomic E-state index is -0.0739. The van der Waals surface area contributed by atoms with Gasteiger partial charge in [-0.3, -0.25) is 4.79 Å². The second kappa shape index (κ2) is 6.14. The number of allylic oxidation sites excluding steroid dienone is 3. The highest BCUT2D eigenvalue weighted by molar-refractivity contribution is 5.74. The second-order valence-electron chi connectivity index (χ2n) is 5.40. The van der Waals surface area contributed by atoms with E-state index in [9.17, 15) is 4.79 Å². The quantitative estimate of drug-likeness (QED) is 0.407. The maximum atomic E-state index is 11.1. The van der Waals surface area contributed by atoms with Gasteiger partial charge in [-0.2, -0.15) is 0 Å². The van der Waals surface area contributed by atoms with Gasteiger partial charge in [-0.05, 0) is 37.2 Å². The number of carbonyl (C=O) groups excluding carboxylic acids is 1. The van der Waals surface area contributed by atoms with E-state index in [0.717, 1.165) is 25.5 Å². The minimum absolute atomic E-state index is 0.0684. The molecule has 0 radical (unpaired) electrons. The Hall–Kier alpha value is -1.15. The number of methoxy groups -OCH3 is 1. The average molecular weight is 248 g/mol. The van der Waals surface area contributed by atoms with E-state index < -0.39 is 0 Å². The summed E-state index contributed by atoms with van der Waals surface area (Å²) in [7, 11) is 1.71. The van der Waals surface area contributed by atoms with Crippen molar-refractivity contribution in [2.24, 2.45) is 11.3 Å². The smallest absolute Gasteiger partial charge is 0.146 e. The van der Waals surface area contributed by atoms with E-state index in [1.165, 1.54) is 5.57 Å². The van der Waals surface area contributed by atoms with Crippen LogP contribution in [0.3, 0.4) is 0 Å². The van der Waals surface area contributed by atoms with Crippen LogP contribution in [0.1, 0.15) is 33.1 Å². The Balaban J connectivity index is 3.06. The maximum Gasteiger partial charge on any atom is 0.146 e. The summed E-state index contributed by atoms with van der Waals surface area (Å²) >= 11 is 0. The molecule has 0 aromatic heterocycles. The van der Waals surface area contributed by atoms with Crippen molar-refractivity contribution in [2.75, 3.05) is 7.11 Å². The molecule has 1 aliphatic rings. The zero-order valence-corrected chi connectivity index (χ0v) is 11.7. The molecule has 0 saturated carbocycles. The van der Waals surface area contributed by atoms with Crippen LogP contribution in [0.4, 0.5) is 0 Å². The first kappa shape index (κ1) is 14.9. The monoisotopic (exact) mass is 248 g/mol. The summed E-state index contributed by atoms with van der Waals surface area (Å²) < 4.78 is 5.33. The van der Waals surface area contributed by atoms with E-state index in [-0.39, 0.29) is 17.4 Å². The second-order valence-corrected chi connectivity index (χ2v) is 5.40. The van der Waals surface area contributed by atoms with E-state index in [1.54, 1.807) is 7.11 Å². The van der Waals surface area contributed by atoms with Crippen molar-refractivity contribution in [2.45, 2.75) is 39.2 Å². The van der Waals surface area contributed by atoms with Crippen molar-refractivity contribution >= 4 is 6.29 Å². The number of ether oxygens (including phenoxy) is 1. The fourth-order valence-corrected chi connectivity index (χ4v) is 2.82. The van der Waals surface area contributed by atoms with Gasteiger partial charge in [0.2, 0.25) is 0 Å². The van der Waals surface area contributed by atoms with Gasteiger partial charge in [0.25, 0.3) is 0 Å². The molecule has 0 fully saturated rings. The van der Waals surface area contributed by atoms with Crippen LogP contribution in [0.15, 0.2) is 36.5 Å². The van der Waals surface area contributed by atoms with E-state index in [4.69, 9.17) is 4.74 Å². The first-order valence-corrected chi connectivity index (χ1v) is 6.47. The van der Waals surface area contributed by atoms with Gasteiger partial charge in [0, 0.05) is 13.0 Å². The average Bonchev–Trinajstić information content (AvgIpc) is 2.38. The lowest BCUT2D eigenvalue weighted by Crippen LogP contribution is -2.32. The third-order valence-electron chi connectivity index (χ3n) is 4.03. The van der Waals surface area contributed by atoms with Gasteiger partial charge < -0.3 is 4.74 Å². The third kappa shape index (κ3) is 2.99. The third-order valence-corrected chi connectivity index (χ3v) is 4.03. The number of carbonyl (C=O) groups is 1. The number of aldehydes is 1. The van der Waals surface area contributed by atoms with Crippen LogP contribution in [0.5, 0.6) is 0 Å². The zero-order chi connectivity index (χ0) is 13.8. The van der Waals surface area contributed by atoms with Gasteiger partial charge in [-0.25, -0.2) is 0 Å². The Bertz CT molecular complexity index is 367. The number of rotatable bonds is 6. The normalized spacial score (nSPS) is 29.3. The van der Waals surface area contributed by atoms with Gasteiger partial charge in [0.15, 0.2) is 0 Å². The Morgan fingerprint density at radius 1 is 1.72 bits per heavy atom. The zero-order valence-electron chi connectivity index (χ0n) is 11.7. The molecule has 3 unspecified atom stereocenters. The molecule has 2 nitrogen and oxygen atoms in total. The molecule has 3 atom stereocenters. The Kier molecular flexibility index (Phi) is 5.09. The molecule has 18 heavy (non-hydrogen) atoms. The summed E-state index contributed by atoms with van der Waals surface area (Å²) in [5.41, 5.74) is 1.83. The van der Waals surface area contributed by atoms with Crippen LogP contribution in [0.2, 0.25) is 0 Å². The maximum absolute atomic E-state index is 11.1. The molecule has 0 aromatic rings. The lowest BCUT2D eigenvalue weighted by molar-refractivity contribution is -0.105. The molecule has 0 amide bonds. The van der Waals surface area contributed by atoms with Gasteiger partial charge in [0.1, 0.15) is 6.29 Å². The standard InChI is InChI=1S/C16H24O2/c1-6-16(4)9-7-8-14(10-13(3)18-5)15(16)12(2)11-17/h6,8,11,13,15H,1-2,7,9-10H2,3-5H3. The molecule has 100 valence electrons. The topological polar surface area (TPSA) is 26.3 Å². The molecule has 0 heterocycles. The molecule has 1 rings (SSSR count). The summed E-state index contributed by atoms with van der Waals surface area (Å²) in [6.45, 7) is 12.1. The summed E-state index contributed by atoms with van der Waals surface area (Å²) in [5, 5.41) is 0. The fourth-order valence-electron chi connectivity index (χ4n) is 2.82. The minimum Gasteiger partial charge on any atom is -0.381 e. The predicted octanol–water partition coefficient (Wildman–Crippen LogP) is 3.70. The molecule has 0 N–H and O–H groups in total. The molecule has 0 bridgehead atoms.